The zero-order valence-electron chi connectivity index (χ0n) is 94.4. The molecular weight excluding hydrogens is 1950 g/mol. The van der Waals surface area contributed by atoms with Gasteiger partial charge in [-0.15, -0.1) is 0 Å². The van der Waals surface area contributed by atoms with Crippen molar-refractivity contribution < 1.29 is 81.8 Å². The van der Waals surface area contributed by atoms with Crippen molar-refractivity contribution in [3.05, 3.63) is 119 Å². The summed E-state index contributed by atoms with van der Waals surface area (Å²) in [5.74, 6) is 1.23. The van der Waals surface area contributed by atoms with Crippen molar-refractivity contribution in [3.8, 4) is 35.1 Å². The molecule has 4 aliphatic rings. The molecule has 0 N–H and O–H groups in total. The fourth-order valence-electron chi connectivity index (χ4n) is 22.0. The lowest BCUT2D eigenvalue weighted by Crippen LogP contribution is -2.64. The lowest BCUT2D eigenvalue weighted by molar-refractivity contribution is -0.160. The molecule has 0 bridgehead atoms. The predicted molar refractivity (Wildman–Crippen MR) is 608 cm³/mol. The van der Waals surface area contributed by atoms with Gasteiger partial charge in [0, 0.05) is 18.6 Å². The second-order valence-electron chi connectivity index (χ2n) is 48.3. The van der Waals surface area contributed by atoms with Gasteiger partial charge in [0.1, 0.15) is 46.7 Å². The minimum absolute atomic E-state index is 0.0900. The van der Waals surface area contributed by atoms with E-state index in [1.807, 2.05) is 0 Å². The molecule has 20 nitrogen and oxygen atoms in total. The lowest BCUT2D eigenvalue weighted by Gasteiger charge is -2.45. The maximum absolute atomic E-state index is 13.3. The van der Waals surface area contributed by atoms with Crippen molar-refractivity contribution in [2.75, 3.05) is 13.2 Å². The summed E-state index contributed by atoms with van der Waals surface area (Å²) in [6, 6.07) is 37.1. The summed E-state index contributed by atoms with van der Waals surface area (Å²) in [7, 11) is -20.5. The first kappa shape index (κ1) is 125. The Morgan fingerprint density at radius 3 is 0.821 bits per heavy atom. The number of rotatable bonds is 72. The van der Waals surface area contributed by atoms with Crippen LogP contribution in [0.3, 0.4) is 0 Å². The summed E-state index contributed by atoms with van der Waals surface area (Å²) in [5.41, 5.74) is 2.65. The van der Waals surface area contributed by atoms with Gasteiger partial charge in [0.25, 0.3) is 0 Å². The van der Waals surface area contributed by atoms with Crippen LogP contribution < -0.4 is 18.9 Å². The number of hydrogen-bond donors (Lipinski definition) is 0. The molecule has 0 saturated heterocycles. The van der Waals surface area contributed by atoms with Gasteiger partial charge >= 0.3 is 58.1 Å². The summed E-state index contributed by atoms with van der Waals surface area (Å²) in [4.78, 5) is 52.3. The van der Waals surface area contributed by atoms with Crippen LogP contribution in [0.4, 0.5) is 0 Å². The summed E-state index contributed by atoms with van der Waals surface area (Å²) in [5, 5.41) is 18.2. The normalized spacial score (nSPS) is 20.9. The molecule has 4 aliphatic carbocycles. The maximum atomic E-state index is 13.3. The zero-order valence-corrected chi connectivity index (χ0v) is 102. The molecule has 4 saturated carbocycles. The van der Waals surface area contributed by atoms with Crippen molar-refractivity contribution in [2.24, 2.45) is 23.7 Å². The molecular formula is C117H198N2O18Si8. The highest BCUT2D eigenvalue weighted by Crippen LogP contribution is 2.42. The average molecular weight is 2150 g/mol. The second kappa shape index (κ2) is 64.1. The summed E-state index contributed by atoms with van der Waals surface area (Å²) in [6.07, 6.45) is 54.6. The van der Waals surface area contributed by atoms with Gasteiger partial charge in [0.2, 0.25) is 0 Å². The molecule has 4 aromatic rings. The van der Waals surface area contributed by atoms with E-state index in [4.69, 9.17) is 73.1 Å². The van der Waals surface area contributed by atoms with Gasteiger partial charge in [-0.2, -0.15) is 10.5 Å². The second-order valence-corrected chi connectivity index (χ2v) is 80.9. The molecule has 0 spiro atoms. The summed E-state index contributed by atoms with van der Waals surface area (Å²) < 4.78 is 96.6. The van der Waals surface area contributed by atoms with Crippen LogP contribution in [0.25, 0.3) is 0 Å². The van der Waals surface area contributed by atoms with Gasteiger partial charge in [-0.1, -0.05) is 245 Å². The Hall–Kier alpha value is -5.24. The molecule has 0 radical (unpaired) electrons. The molecule has 816 valence electrons. The number of unbranched alkanes of at least 4 members (excludes halogenated alkanes) is 30. The minimum Gasteiger partial charge on any atom is -0.489 e. The fourth-order valence-corrected chi connectivity index (χ4v) is 58.8. The zero-order chi connectivity index (χ0) is 105. The van der Waals surface area contributed by atoms with Gasteiger partial charge in [-0.05, 0) is 342 Å². The molecule has 28 heteroatoms. The highest BCUT2D eigenvalue weighted by Gasteiger charge is 2.55. The quantitative estimate of drug-likeness (QED) is 0.0172. The molecule has 8 rings (SSSR count). The van der Waals surface area contributed by atoms with Crippen molar-refractivity contribution in [1.29, 1.82) is 10.5 Å². The highest BCUT2D eigenvalue weighted by molar-refractivity contribution is 6.91. The van der Waals surface area contributed by atoms with E-state index in [2.05, 4.69) is 193 Å². The third-order valence-corrected chi connectivity index (χ3v) is 58.5. The first-order valence-electron chi connectivity index (χ1n) is 57.8. The third kappa shape index (κ3) is 48.7. The Labute approximate surface area is 888 Å². The summed E-state index contributed by atoms with van der Waals surface area (Å²) >= 11 is 0. The third-order valence-electron chi connectivity index (χ3n) is 29.7. The van der Waals surface area contributed by atoms with E-state index in [0.29, 0.717) is 74.0 Å². The smallest absolute Gasteiger partial charge is 0.358 e. The van der Waals surface area contributed by atoms with Crippen LogP contribution in [0.2, 0.25) is 117 Å². The van der Waals surface area contributed by atoms with Crippen molar-refractivity contribution in [1.82, 2.24) is 0 Å². The molecule has 145 heavy (non-hydrogen) atoms. The fraction of sp³-hybridized carbons (Fsp3) is 0.744. The van der Waals surface area contributed by atoms with E-state index in [1.165, 1.54) is 165 Å². The van der Waals surface area contributed by atoms with E-state index >= 15 is 0 Å². The molecule has 0 aliphatic heterocycles. The van der Waals surface area contributed by atoms with E-state index < -0.39 is 67.5 Å². The highest BCUT2D eigenvalue weighted by atomic mass is 28.5. The number of benzene rings is 4. The Morgan fingerprint density at radius 2 is 0.545 bits per heavy atom. The number of ether oxygens (including phenoxy) is 8. The molecule has 0 aromatic heterocycles. The Bertz CT molecular complexity index is 4110. The summed E-state index contributed by atoms with van der Waals surface area (Å²) in [6.45, 7) is 48.0. The van der Waals surface area contributed by atoms with Crippen molar-refractivity contribution in [3.63, 3.8) is 0 Å². The van der Waals surface area contributed by atoms with E-state index in [-0.39, 0.29) is 88.8 Å². The van der Waals surface area contributed by atoms with Crippen LogP contribution in [0.15, 0.2) is 97.1 Å². The van der Waals surface area contributed by atoms with E-state index in [9.17, 15) is 19.2 Å². The molecule has 0 amide bonds. The van der Waals surface area contributed by atoms with E-state index in [0.717, 1.165) is 165 Å². The van der Waals surface area contributed by atoms with Crippen molar-refractivity contribution in [2.45, 2.75) is 520 Å². The van der Waals surface area contributed by atoms with Gasteiger partial charge < -0.3 is 62.6 Å². The monoisotopic (exact) mass is 2140 g/mol. The van der Waals surface area contributed by atoms with Crippen LogP contribution in [0.5, 0.6) is 23.0 Å². The van der Waals surface area contributed by atoms with Crippen LogP contribution in [0, 0.1) is 46.3 Å². The maximum Gasteiger partial charge on any atom is 0.358 e. The van der Waals surface area contributed by atoms with Crippen molar-refractivity contribution >= 4 is 91.4 Å². The van der Waals surface area contributed by atoms with Gasteiger partial charge in [0.05, 0.1) is 59.1 Å². The Balaban J connectivity index is 0.799. The van der Waals surface area contributed by atoms with Crippen LogP contribution in [0.1, 0.15) is 384 Å². The SMILES string of the molecule is CCCCCCCCCCC(Oc1ccc(C(C)(C)c2ccc(OC(CCCCCCCCCC)[Si](C)(O[Si](C)(C)C)O[Si](C)(CCCCCCCCCCCOC3CCC(C(=O)OC4CCC(C(=O)Oc5ccc(C#N)cc5)CC4)CC3)O[Si](C)(C)C)cc2)cc1)[Si](C)(O[Si](C)(C)C)O[Si](C)(CCCCCCCCCCCOC1CCC(C(=O)OC2CCC(C(=O)Oc3ccc(C#N)cc3)CC2)CC1)O[Si](C)(C)C. The Morgan fingerprint density at radius 1 is 0.297 bits per heavy atom. The topological polar surface area (TPSA) is 245 Å². The van der Waals surface area contributed by atoms with E-state index in [1.54, 1.807) is 48.5 Å². The number of nitriles is 2. The Kier molecular flexibility index (Phi) is 55.2. The molecule has 0 heterocycles. The molecule has 6 unspecified atom stereocenters. The average Bonchev–Trinajstić information content (AvgIpc) is 0.782. The molecule has 4 aromatic carbocycles. The minimum atomic E-state index is -3.15. The number of carbonyl (C=O) groups is 4. The standard InChI is InChI=1S/C117H198N2O18Si8/c1-21-23-25-27-29-37-43-49-55-111(144(19,134-140(11,12)13)136-142(17,132-138(5,6)7)91-53-47-41-35-31-33-39-45-51-89-124-103-77-61-97(62-78-103)113(120)130-109-81-65-99(66-82-109)115(122)128-107-73-57-95(93-118)58-74-107)126-105-85-69-101(70-86-105)117(3,4)102-71-87-106(88-72-102)127-112(56-50-44-38-30-28-26-24-22-2)145(20,135-141(14,15)16)137-143(18,133-139(8,9)10)92-54-48-42-36-32-34-40-46-52-90-125-104-79-63-98(64-80-104)114(121)131-110-83-67-100(68-84-110)116(123)129-108-75-59-96(94-119)60-76-108/h57-60,69-76,85-88,97-100,103-104,109-112H,21-56,61-68,77-84,89-92H2,1-20H3. The number of hydrogen-bond acceptors (Lipinski definition) is 20. The molecule has 4 fully saturated rings. The largest absolute Gasteiger partial charge is 0.489 e. The first-order chi connectivity index (χ1) is 69.0. The van der Waals surface area contributed by atoms with Crippen LogP contribution in [-0.4, -0.2) is 140 Å². The van der Waals surface area contributed by atoms with Crippen LogP contribution in [-0.2, 0) is 68.2 Å². The predicted octanol–water partition coefficient (Wildman–Crippen LogP) is 32.7. The number of nitrogens with zero attached hydrogens (tertiary/aromatic N) is 2. The van der Waals surface area contributed by atoms with Gasteiger partial charge in [-0.3, -0.25) is 19.2 Å². The number of carbonyl (C=O) groups excluding carboxylic acids is 4. The van der Waals surface area contributed by atoms with Gasteiger partial charge in [-0.25, -0.2) is 0 Å². The van der Waals surface area contributed by atoms with Gasteiger partial charge in [0.15, 0.2) is 33.3 Å². The number of esters is 4. The first-order valence-corrected chi connectivity index (χ1v) is 81.3. The lowest BCUT2D eigenvalue weighted by atomic mass is 9.78. The van der Waals surface area contributed by atoms with Crippen LogP contribution >= 0.6 is 0 Å². The molecule has 6 atom stereocenters.